The molecule has 0 radical (unpaired) electrons. The third-order valence-electron chi connectivity index (χ3n) is 3.83. The molecule has 1 nitrogen and oxygen atoms in total. The summed E-state index contributed by atoms with van der Waals surface area (Å²) in [4.78, 5) is 4.39. The van der Waals surface area contributed by atoms with Crippen LogP contribution in [0.1, 0.15) is 32.0 Å². The number of fused-ring (bicyclic) bond motifs is 3. The van der Waals surface area contributed by atoms with Crippen LogP contribution in [-0.2, 0) is 5.41 Å². The predicted molar refractivity (Wildman–Crippen MR) is 82.7 cm³/mol. The van der Waals surface area contributed by atoms with Crippen molar-refractivity contribution < 1.29 is 0 Å². The van der Waals surface area contributed by atoms with E-state index in [2.05, 4.69) is 69.1 Å². The van der Waals surface area contributed by atoms with Crippen LogP contribution in [0.5, 0.6) is 0 Å². The molecule has 0 atom stereocenters. The maximum absolute atomic E-state index is 4.39. The zero-order valence-electron chi connectivity index (χ0n) is 12.0. The molecule has 0 N–H and O–H groups in total. The molecule has 96 valence electrons. The van der Waals surface area contributed by atoms with Crippen LogP contribution in [0.3, 0.4) is 0 Å². The highest BCUT2D eigenvalue weighted by molar-refractivity contribution is 6.08. The van der Waals surface area contributed by atoms with Crippen LogP contribution in [0.2, 0.25) is 0 Å². The summed E-state index contributed by atoms with van der Waals surface area (Å²) in [6.45, 7) is 8.84. The second kappa shape index (κ2) is 4.06. The quantitative estimate of drug-likeness (QED) is 0.511. The van der Waals surface area contributed by atoms with Crippen molar-refractivity contribution in [2.75, 3.05) is 0 Å². The number of nitrogens with zero attached hydrogens (tertiary/aromatic N) is 1. The Morgan fingerprint density at radius 3 is 2.32 bits per heavy atom. The van der Waals surface area contributed by atoms with Gasteiger partial charge in [0.2, 0.25) is 0 Å². The van der Waals surface area contributed by atoms with Gasteiger partial charge in [0.15, 0.2) is 0 Å². The van der Waals surface area contributed by atoms with Gasteiger partial charge in [0.25, 0.3) is 0 Å². The highest BCUT2D eigenvalue weighted by atomic mass is 14.7. The number of benzene rings is 2. The Labute approximate surface area is 114 Å². The van der Waals surface area contributed by atoms with E-state index in [-0.39, 0.29) is 5.41 Å². The summed E-state index contributed by atoms with van der Waals surface area (Å²) in [5.41, 5.74) is 2.65. The summed E-state index contributed by atoms with van der Waals surface area (Å²) < 4.78 is 0. The molecule has 0 unspecified atom stereocenters. The van der Waals surface area contributed by atoms with Crippen LogP contribution in [0, 0.1) is 6.92 Å². The highest BCUT2D eigenvalue weighted by Crippen LogP contribution is 2.31. The topological polar surface area (TPSA) is 12.9 Å². The van der Waals surface area contributed by atoms with Gasteiger partial charge in [-0.05, 0) is 46.2 Å². The van der Waals surface area contributed by atoms with Crippen LogP contribution in [0.25, 0.3) is 21.5 Å². The average Bonchev–Trinajstić information content (AvgIpc) is 2.37. The molecule has 2 aromatic carbocycles. The maximum Gasteiger partial charge on any atom is 0.0451 e. The second-order valence-corrected chi connectivity index (χ2v) is 6.24. The summed E-state index contributed by atoms with van der Waals surface area (Å²) in [6, 6.07) is 13.3. The Hall–Kier alpha value is -1.89. The number of pyridine rings is 1. The van der Waals surface area contributed by atoms with Crippen molar-refractivity contribution in [3.8, 4) is 0 Å². The van der Waals surface area contributed by atoms with Crippen molar-refractivity contribution in [2.24, 2.45) is 0 Å². The minimum atomic E-state index is 0.179. The van der Waals surface area contributed by atoms with Crippen LogP contribution in [0.15, 0.2) is 42.6 Å². The normalized spacial score (nSPS) is 12.2. The zero-order valence-corrected chi connectivity index (χ0v) is 12.0. The van der Waals surface area contributed by atoms with E-state index in [4.69, 9.17) is 0 Å². The molecule has 3 aromatic rings. The lowest BCUT2D eigenvalue weighted by atomic mass is 9.85. The molecule has 0 aliphatic heterocycles. The lowest BCUT2D eigenvalue weighted by Crippen LogP contribution is -2.10. The smallest absolute Gasteiger partial charge is 0.0451 e. The first-order valence-electron chi connectivity index (χ1n) is 6.75. The van der Waals surface area contributed by atoms with E-state index in [9.17, 15) is 0 Å². The van der Waals surface area contributed by atoms with E-state index in [0.717, 1.165) is 5.69 Å². The van der Waals surface area contributed by atoms with E-state index in [1.807, 2.05) is 6.20 Å². The van der Waals surface area contributed by atoms with Crippen molar-refractivity contribution in [2.45, 2.75) is 33.1 Å². The van der Waals surface area contributed by atoms with Crippen molar-refractivity contribution >= 4 is 21.5 Å². The summed E-state index contributed by atoms with van der Waals surface area (Å²) >= 11 is 0. The van der Waals surface area contributed by atoms with E-state index in [1.165, 1.54) is 27.1 Å². The first kappa shape index (κ1) is 12.2. The minimum absolute atomic E-state index is 0.179. The molecule has 0 saturated heterocycles. The number of aryl methyl sites for hydroxylation is 1. The fourth-order valence-corrected chi connectivity index (χ4v) is 2.60. The first-order valence-corrected chi connectivity index (χ1v) is 6.75. The Bertz CT molecular complexity index is 764. The summed E-state index contributed by atoms with van der Waals surface area (Å²) in [7, 11) is 0. The molecule has 1 heterocycles. The maximum atomic E-state index is 4.39. The molecule has 3 rings (SSSR count). The molecule has 0 aliphatic rings. The fourth-order valence-electron chi connectivity index (χ4n) is 2.60. The standard InChI is InChI=1S/C18H19N/c1-12-15-8-6-13-5-7-14(18(2,3)4)11-17(13)16(15)9-10-19-12/h5-11H,1-4H3. The lowest BCUT2D eigenvalue weighted by Gasteiger charge is -2.20. The number of rotatable bonds is 0. The van der Waals surface area contributed by atoms with Gasteiger partial charge < -0.3 is 0 Å². The molecule has 0 amide bonds. The molecule has 19 heavy (non-hydrogen) atoms. The summed E-state index contributed by atoms with van der Waals surface area (Å²) in [6.07, 6.45) is 1.90. The molecular formula is C18H19N. The monoisotopic (exact) mass is 249 g/mol. The largest absolute Gasteiger partial charge is 0.261 e. The molecule has 0 bridgehead atoms. The van der Waals surface area contributed by atoms with Gasteiger partial charge in [-0.2, -0.15) is 0 Å². The zero-order chi connectivity index (χ0) is 13.6. The van der Waals surface area contributed by atoms with Crippen LogP contribution in [-0.4, -0.2) is 4.98 Å². The minimum Gasteiger partial charge on any atom is -0.261 e. The van der Waals surface area contributed by atoms with Gasteiger partial charge in [0, 0.05) is 17.3 Å². The summed E-state index contributed by atoms with van der Waals surface area (Å²) in [5.74, 6) is 0. The third kappa shape index (κ3) is 1.99. The fraction of sp³-hybridized carbons (Fsp3) is 0.278. The van der Waals surface area contributed by atoms with Crippen molar-refractivity contribution in [1.82, 2.24) is 4.98 Å². The Morgan fingerprint density at radius 1 is 0.842 bits per heavy atom. The third-order valence-corrected chi connectivity index (χ3v) is 3.83. The van der Waals surface area contributed by atoms with E-state index < -0.39 is 0 Å². The predicted octanol–water partition coefficient (Wildman–Crippen LogP) is 4.99. The Balaban J connectivity index is 2.43. The lowest BCUT2D eigenvalue weighted by molar-refractivity contribution is 0.591. The van der Waals surface area contributed by atoms with Gasteiger partial charge in [-0.1, -0.05) is 45.0 Å². The SMILES string of the molecule is Cc1nccc2c1ccc1ccc(C(C)(C)C)cc12. The number of hydrogen-bond acceptors (Lipinski definition) is 1. The van der Waals surface area contributed by atoms with E-state index >= 15 is 0 Å². The molecule has 0 fully saturated rings. The van der Waals surface area contributed by atoms with Crippen molar-refractivity contribution in [1.29, 1.82) is 0 Å². The van der Waals surface area contributed by atoms with Gasteiger partial charge in [-0.15, -0.1) is 0 Å². The molecule has 1 aromatic heterocycles. The second-order valence-electron chi connectivity index (χ2n) is 6.24. The number of hydrogen-bond donors (Lipinski definition) is 0. The van der Waals surface area contributed by atoms with Crippen LogP contribution >= 0.6 is 0 Å². The van der Waals surface area contributed by atoms with Crippen molar-refractivity contribution in [3.63, 3.8) is 0 Å². The van der Waals surface area contributed by atoms with E-state index in [0.29, 0.717) is 0 Å². The molecular weight excluding hydrogens is 230 g/mol. The van der Waals surface area contributed by atoms with Gasteiger partial charge in [-0.25, -0.2) is 0 Å². The molecule has 0 aliphatic carbocycles. The molecule has 0 saturated carbocycles. The van der Waals surface area contributed by atoms with Gasteiger partial charge in [0.05, 0.1) is 0 Å². The number of aromatic nitrogens is 1. The molecule has 0 spiro atoms. The van der Waals surface area contributed by atoms with Gasteiger partial charge >= 0.3 is 0 Å². The van der Waals surface area contributed by atoms with Crippen LogP contribution in [0.4, 0.5) is 0 Å². The van der Waals surface area contributed by atoms with Crippen LogP contribution < -0.4 is 0 Å². The Kier molecular flexibility index (Phi) is 2.60. The van der Waals surface area contributed by atoms with E-state index in [1.54, 1.807) is 0 Å². The van der Waals surface area contributed by atoms with Crippen molar-refractivity contribution in [3.05, 3.63) is 53.9 Å². The summed E-state index contributed by atoms with van der Waals surface area (Å²) in [5, 5.41) is 5.18. The van der Waals surface area contributed by atoms with Gasteiger partial charge in [-0.3, -0.25) is 4.98 Å². The highest BCUT2D eigenvalue weighted by Gasteiger charge is 2.14. The average molecular weight is 249 g/mol. The van der Waals surface area contributed by atoms with Gasteiger partial charge in [0.1, 0.15) is 0 Å². The Morgan fingerprint density at radius 2 is 1.58 bits per heavy atom. The first-order chi connectivity index (χ1) is 8.97. The molecule has 1 heteroatoms.